The van der Waals surface area contributed by atoms with Gasteiger partial charge in [0, 0.05) is 17.3 Å². The van der Waals surface area contributed by atoms with Gasteiger partial charge in [-0.3, -0.25) is 4.98 Å². The molecular formula is C24H30BNO3. The molecule has 0 aliphatic carbocycles. The Hall–Kier alpha value is -2.37. The number of nitrogens with zero attached hydrogens (tertiary/aromatic N) is 1. The van der Waals surface area contributed by atoms with E-state index in [1.807, 2.05) is 78.1 Å². The second kappa shape index (κ2) is 7.81. The number of pyridine rings is 1. The van der Waals surface area contributed by atoms with Crippen LogP contribution in [0.3, 0.4) is 0 Å². The largest absolute Gasteiger partial charge is 0.507 e. The summed E-state index contributed by atoms with van der Waals surface area (Å²) >= 11 is 0. The number of phenols is 1. The molecule has 4 rings (SSSR count). The van der Waals surface area contributed by atoms with Crippen LogP contribution in [0.1, 0.15) is 44.5 Å². The SMILES string of the molecule is Cc1ccc2c(B3OC(C)(C)C(C)(C)O3)ccc(O)c2c1.Cc1ccnc(C)c1. The number of rotatable bonds is 1. The van der Waals surface area contributed by atoms with Crippen LogP contribution in [0.4, 0.5) is 0 Å². The van der Waals surface area contributed by atoms with Crippen molar-refractivity contribution in [3.05, 3.63) is 65.5 Å². The van der Waals surface area contributed by atoms with Crippen molar-refractivity contribution in [2.75, 3.05) is 0 Å². The summed E-state index contributed by atoms with van der Waals surface area (Å²) in [4.78, 5) is 4.04. The van der Waals surface area contributed by atoms with Crippen LogP contribution in [-0.2, 0) is 9.31 Å². The minimum absolute atomic E-state index is 0.286. The summed E-state index contributed by atoms with van der Waals surface area (Å²) < 4.78 is 12.2. The van der Waals surface area contributed by atoms with Crippen LogP contribution >= 0.6 is 0 Å². The highest BCUT2D eigenvalue weighted by Gasteiger charge is 2.52. The number of hydrogen-bond donors (Lipinski definition) is 1. The van der Waals surface area contributed by atoms with Crippen molar-refractivity contribution in [2.24, 2.45) is 0 Å². The summed E-state index contributed by atoms with van der Waals surface area (Å²) in [5, 5.41) is 11.9. The number of fused-ring (bicyclic) bond motifs is 1. The van der Waals surface area contributed by atoms with Gasteiger partial charge in [-0.05, 0) is 89.1 Å². The molecule has 0 unspecified atom stereocenters. The molecule has 1 fully saturated rings. The van der Waals surface area contributed by atoms with E-state index in [0.717, 1.165) is 27.5 Å². The van der Waals surface area contributed by atoms with Crippen LogP contribution in [0, 0.1) is 20.8 Å². The van der Waals surface area contributed by atoms with Gasteiger partial charge in [-0.25, -0.2) is 0 Å². The first-order valence-corrected chi connectivity index (χ1v) is 9.97. The lowest BCUT2D eigenvalue weighted by atomic mass is 9.76. The maximum atomic E-state index is 10.1. The first kappa shape index (κ1) is 21.3. The molecule has 2 aromatic carbocycles. The van der Waals surface area contributed by atoms with Crippen molar-refractivity contribution in [2.45, 2.75) is 59.7 Å². The van der Waals surface area contributed by atoms with Gasteiger partial charge in [0.1, 0.15) is 5.75 Å². The zero-order valence-corrected chi connectivity index (χ0v) is 18.4. The van der Waals surface area contributed by atoms with Gasteiger partial charge in [-0.2, -0.15) is 0 Å². The molecule has 1 aliphatic heterocycles. The zero-order chi connectivity index (χ0) is 21.4. The molecule has 0 amide bonds. The van der Waals surface area contributed by atoms with Gasteiger partial charge >= 0.3 is 7.12 Å². The molecule has 2 heterocycles. The first-order valence-electron chi connectivity index (χ1n) is 9.97. The third kappa shape index (κ3) is 4.46. The molecule has 1 N–H and O–H groups in total. The summed E-state index contributed by atoms with van der Waals surface area (Å²) in [6, 6.07) is 13.7. The van der Waals surface area contributed by atoms with Gasteiger partial charge in [-0.15, -0.1) is 0 Å². The fourth-order valence-electron chi connectivity index (χ4n) is 3.33. The Morgan fingerprint density at radius 3 is 1.97 bits per heavy atom. The van der Waals surface area contributed by atoms with Crippen molar-refractivity contribution < 1.29 is 14.4 Å². The molecule has 29 heavy (non-hydrogen) atoms. The number of hydrogen-bond acceptors (Lipinski definition) is 4. The summed E-state index contributed by atoms with van der Waals surface area (Å²) in [6.07, 6.45) is 1.82. The maximum absolute atomic E-state index is 10.1. The van der Waals surface area contributed by atoms with Gasteiger partial charge in [0.25, 0.3) is 0 Å². The van der Waals surface area contributed by atoms with Crippen molar-refractivity contribution in [1.82, 2.24) is 4.98 Å². The smallest absolute Gasteiger partial charge is 0.495 e. The van der Waals surface area contributed by atoms with Crippen LogP contribution in [0.2, 0.25) is 0 Å². The van der Waals surface area contributed by atoms with Crippen LogP contribution in [-0.4, -0.2) is 28.4 Å². The van der Waals surface area contributed by atoms with E-state index in [9.17, 15) is 5.11 Å². The predicted octanol–water partition coefficient (Wildman–Crippen LogP) is 4.85. The monoisotopic (exact) mass is 391 g/mol. The molecule has 0 saturated carbocycles. The van der Waals surface area contributed by atoms with E-state index in [1.54, 1.807) is 6.07 Å². The fourth-order valence-corrected chi connectivity index (χ4v) is 3.33. The Labute approximate surface area is 174 Å². The maximum Gasteiger partial charge on any atom is 0.495 e. The van der Waals surface area contributed by atoms with Gasteiger partial charge in [0.05, 0.1) is 11.2 Å². The summed E-state index contributed by atoms with van der Waals surface area (Å²) in [5.74, 6) is 0.286. The van der Waals surface area contributed by atoms with Gasteiger partial charge in [-0.1, -0.05) is 23.8 Å². The fraction of sp³-hybridized carbons (Fsp3) is 0.375. The summed E-state index contributed by atoms with van der Waals surface area (Å²) in [5.41, 5.74) is 3.70. The first-order chi connectivity index (χ1) is 13.5. The van der Waals surface area contributed by atoms with Crippen molar-refractivity contribution in [3.63, 3.8) is 0 Å². The number of aromatic nitrogens is 1. The Morgan fingerprint density at radius 1 is 0.793 bits per heavy atom. The Balaban J connectivity index is 0.000000252. The number of aryl methyl sites for hydroxylation is 3. The van der Waals surface area contributed by atoms with Gasteiger partial charge in [0.2, 0.25) is 0 Å². The molecule has 1 aliphatic rings. The highest BCUT2D eigenvalue weighted by atomic mass is 16.7. The van der Waals surface area contributed by atoms with Gasteiger partial charge < -0.3 is 14.4 Å². The van der Waals surface area contributed by atoms with Crippen LogP contribution < -0.4 is 5.46 Å². The average molecular weight is 391 g/mol. The molecule has 3 aromatic rings. The third-order valence-corrected chi connectivity index (χ3v) is 5.74. The highest BCUT2D eigenvalue weighted by Crippen LogP contribution is 2.37. The van der Waals surface area contributed by atoms with Crippen LogP contribution in [0.5, 0.6) is 5.75 Å². The van der Waals surface area contributed by atoms with Crippen LogP contribution in [0.15, 0.2) is 48.7 Å². The lowest BCUT2D eigenvalue weighted by Crippen LogP contribution is -2.41. The molecule has 0 atom stereocenters. The Bertz CT molecular complexity index is 997. The Morgan fingerprint density at radius 2 is 1.41 bits per heavy atom. The predicted molar refractivity (Wildman–Crippen MR) is 120 cm³/mol. The normalized spacial score (nSPS) is 17.1. The van der Waals surface area contributed by atoms with E-state index in [0.29, 0.717) is 0 Å². The number of aromatic hydroxyl groups is 1. The standard InChI is InChI=1S/C17H21BO3.C7H9N/c1-11-6-7-12-13(10-11)15(19)9-8-14(12)18-20-16(2,3)17(4,5)21-18;1-6-3-4-8-7(2)5-6/h6-10,19H,1-5H3;3-5H,1-2H3. The minimum Gasteiger partial charge on any atom is -0.507 e. The lowest BCUT2D eigenvalue weighted by molar-refractivity contribution is 0.00578. The molecule has 0 spiro atoms. The molecule has 1 aromatic heterocycles. The average Bonchev–Trinajstić information content (AvgIpc) is 2.83. The molecule has 0 bridgehead atoms. The summed E-state index contributed by atoms with van der Waals surface area (Å²) in [7, 11) is -0.416. The molecule has 5 heteroatoms. The van der Waals surface area contributed by atoms with E-state index in [1.165, 1.54) is 5.56 Å². The lowest BCUT2D eigenvalue weighted by Gasteiger charge is -2.32. The van der Waals surface area contributed by atoms with E-state index < -0.39 is 7.12 Å². The van der Waals surface area contributed by atoms with E-state index in [-0.39, 0.29) is 17.0 Å². The number of phenolic OH excluding ortho intramolecular Hbond substituents is 1. The van der Waals surface area contributed by atoms with Crippen molar-refractivity contribution >= 4 is 23.4 Å². The third-order valence-electron chi connectivity index (χ3n) is 5.74. The quantitative estimate of drug-likeness (QED) is 0.603. The molecule has 1 saturated heterocycles. The second-order valence-electron chi connectivity index (χ2n) is 8.79. The molecule has 152 valence electrons. The topological polar surface area (TPSA) is 51.6 Å². The van der Waals surface area contributed by atoms with E-state index >= 15 is 0 Å². The molecule has 4 nitrogen and oxygen atoms in total. The van der Waals surface area contributed by atoms with Crippen LogP contribution in [0.25, 0.3) is 10.8 Å². The minimum atomic E-state index is -0.416. The van der Waals surface area contributed by atoms with Crippen molar-refractivity contribution in [3.8, 4) is 5.75 Å². The second-order valence-corrected chi connectivity index (χ2v) is 8.79. The van der Waals surface area contributed by atoms with Crippen molar-refractivity contribution in [1.29, 1.82) is 0 Å². The van der Waals surface area contributed by atoms with Gasteiger partial charge in [0.15, 0.2) is 0 Å². The highest BCUT2D eigenvalue weighted by molar-refractivity contribution is 6.65. The number of benzene rings is 2. The van der Waals surface area contributed by atoms with E-state index in [4.69, 9.17) is 9.31 Å². The Kier molecular flexibility index (Phi) is 5.75. The summed E-state index contributed by atoms with van der Waals surface area (Å²) in [6.45, 7) is 14.2. The zero-order valence-electron chi connectivity index (χ0n) is 18.4. The van der Waals surface area contributed by atoms with E-state index in [2.05, 4.69) is 18.0 Å². The molecule has 0 radical (unpaired) electrons. The molecular weight excluding hydrogens is 361 g/mol.